The molecule has 0 aliphatic carbocycles. The number of non-ortho nitro benzene ring substituents is 1. The van der Waals surface area contributed by atoms with E-state index in [1.165, 1.54) is 44.6 Å². The summed E-state index contributed by atoms with van der Waals surface area (Å²) in [6.45, 7) is 1.64. The van der Waals surface area contributed by atoms with Gasteiger partial charge < -0.3 is 9.47 Å². The van der Waals surface area contributed by atoms with Gasteiger partial charge in [0.05, 0.1) is 24.8 Å². The van der Waals surface area contributed by atoms with Gasteiger partial charge in [0, 0.05) is 18.2 Å². The molecule has 0 fully saturated rings. The van der Waals surface area contributed by atoms with Crippen LogP contribution in [0.25, 0.3) is 0 Å². The number of methoxy groups -OCH3 is 2. The fourth-order valence-corrected chi connectivity index (χ4v) is 3.33. The van der Waals surface area contributed by atoms with Crippen molar-refractivity contribution in [3.05, 3.63) is 52.1 Å². The summed E-state index contributed by atoms with van der Waals surface area (Å²) in [5.41, 5.74) is 0.455. The summed E-state index contributed by atoms with van der Waals surface area (Å²) < 4.78 is 37.8. The molecule has 2 rings (SSSR count). The number of aryl methyl sites for hydroxylation is 1. The molecule has 0 atom stereocenters. The summed E-state index contributed by atoms with van der Waals surface area (Å²) in [5, 5.41) is 10.9. The van der Waals surface area contributed by atoms with Gasteiger partial charge in [0.25, 0.3) is 15.7 Å². The van der Waals surface area contributed by atoms with Crippen molar-refractivity contribution in [2.75, 3.05) is 18.9 Å². The second-order valence-corrected chi connectivity index (χ2v) is 6.53. The second kappa shape index (κ2) is 6.75. The minimum absolute atomic E-state index is 0.120. The lowest BCUT2D eigenvalue weighted by Gasteiger charge is -2.14. The number of nitro groups is 1. The highest BCUT2D eigenvalue weighted by Gasteiger charge is 2.22. The molecule has 0 unspecified atom stereocenters. The van der Waals surface area contributed by atoms with Crippen LogP contribution in [0.4, 0.5) is 11.4 Å². The fraction of sp³-hybridized carbons (Fsp3) is 0.200. The summed E-state index contributed by atoms with van der Waals surface area (Å²) in [4.78, 5) is 10.2. The minimum atomic E-state index is -4.03. The predicted molar refractivity (Wildman–Crippen MR) is 88.2 cm³/mol. The van der Waals surface area contributed by atoms with E-state index in [0.29, 0.717) is 11.3 Å². The Morgan fingerprint density at radius 1 is 1.08 bits per heavy atom. The van der Waals surface area contributed by atoms with Crippen molar-refractivity contribution in [1.82, 2.24) is 0 Å². The molecule has 0 heterocycles. The molecule has 0 aliphatic heterocycles. The van der Waals surface area contributed by atoms with Gasteiger partial charge >= 0.3 is 0 Å². The van der Waals surface area contributed by atoms with Crippen molar-refractivity contribution in [2.45, 2.75) is 11.8 Å². The molecule has 24 heavy (non-hydrogen) atoms. The molecule has 0 amide bonds. The highest BCUT2D eigenvalue weighted by atomic mass is 32.2. The first-order valence-electron chi connectivity index (χ1n) is 6.78. The van der Waals surface area contributed by atoms with Crippen LogP contribution in [0, 0.1) is 17.0 Å². The van der Waals surface area contributed by atoms with Crippen LogP contribution in [0.3, 0.4) is 0 Å². The van der Waals surface area contributed by atoms with Crippen molar-refractivity contribution < 1.29 is 22.8 Å². The summed E-state index contributed by atoms with van der Waals surface area (Å²) in [7, 11) is -1.27. The monoisotopic (exact) mass is 352 g/mol. The van der Waals surface area contributed by atoms with E-state index >= 15 is 0 Å². The number of nitrogens with zero attached hydrogens (tertiary/aromatic N) is 1. The highest BCUT2D eigenvalue weighted by Crippen LogP contribution is 2.31. The normalized spacial score (nSPS) is 11.0. The number of anilines is 1. The molecule has 0 aliphatic rings. The van der Waals surface area contributed by atoms with Crippen molar-refractivity contribution in [2.24, 2.45) is 0 Å². The predicted octanol–water partition coefficient (Wildman–Crippen LogP) is 2.72. The van der Waals surface area contributed by atoms with Crippen molar-refractivity contribution in [3.8, 4) is 11.5 Å². The SMILES string of the molecule is COc1ccc(OC)c(S(=O)(=O)Nc2cc([N+](=O)[O-])ccc2C)c1. The van der Waals surface area contributed by atoms with Crippen LogP contribution < -0.4 is 14.2 Å². The average molecular weight is 352 g/mol. The number of nitro benzene ring substituents is 1. The zero-order chi connectivity index (χ0) is 17.9. The Kier molecular flexibility index (Phi) is 4.93. The summed E-state index contributed by atoms with van der Waals surface area (Å²) in [6.07, 6.45) is 0. The van der Waals surface area contributed by atoms with Gasteiger partial charge in [0.15, 0.2) is 0 Å². The lowest BCUT2D eigenvalue weighted by Crippen LogP contribution is -2.15. The number of benzene rings is 2. The second-order valence-electron chi connectivity index (χ2n) is 4.88. The van der Waals surface area contributed by atoms with Crippen LogP contribution in [0.15, 0.2) is 41.3 Å². The van der Waals surface area contributed by atoms with Crippen LogP contribution in [0.1, 0.15) is 5.56 Å². The van der Waals surface area contributed by atoms with E-state index in [2.05, 4.69) is 4.72 Å². The van der Waals surface area contributed by atoms with Gasteiger partial charge in [-0.1, -0.05) is 6.07 Å². The Bertz CT molecular complexity index is 880. The zero-order valence-electron chi connectivity index (χ0n) is 13.3. The Morgan fingerprint density at radius 2 is 1.79 bits per heavy atom. The first kappa shape index (κ1) is 17.5. The lowest BCUT2D eigenvalue weighted by molar-refractivity contribution is -0.384. The van der Waals surface area contributed by atoms with E-state index in [1.807, 2.05) is 0 Å². The van der Waals surface area contributed by atoms with Crippen molar-refractivity contribution in [3.63, 3.8) is 0 Å². The number of sulfonamides is 1. The van der Waals surface area contributed by atoms with E-state index in [-0.39, 0.29) is 22.0 Å². The third kappa shape index (κ3) is 3.57. The zero-order valence-corrected chi connectivity index (χ0v) is 14.1. The Labute approximate surface area is 139 Å². The van der Waals surface area contributed by atoms with Crippen LogP contribution in [0.5, 0.6) is 11.5 Å². The standard InChI is InChI=1S/C15H16N2O6S/c1-10-4-5-11(17(18)19)8-13(10)16-24(20,21)15-9-12(22-2)6-7-14(15)23-3/h4-9,16H,1-3H3. The smallest absolute Gasteiger partial charge is 0.271 e. The highest BCUT2D eigenvalue weighted by molar-refractivity contribution is 7.92. The van der Waals surface area contributed by atoms with Gasteiger partial charge in [-0.25, -0.2) is 8.42 Å². The summed E-state index contributed by atoms with van der Waals surface area (Å²) in [5.74, 6) is 0.471. The number of nitrogens with one attached hydrogen (secondary N) is 1. The van der Waals surface area contributed by atoms with Crippen LogP contribution in [0.2, 0.25) is 0 Å². The van der Waals surface area contributed by atoms with Crippen molar-refractivity contribution in [1.29, 1.82) is 0 Å². The van der Waals surface area contributed by atoms with Gasteiger partial charge in [0.2, 0.25) is 0 Å². The molecular weight excluding hydrogens is 336 g/mol. The number of ether oxygens (including phenoxy) is 2. The first-order chi connectivity index (χ1) is 11.3. The maximum absolute atomic E-state index is 12.7. The third-order valence-electron chi connectivity index (χ3n) is 3.34. The van der Waals surface area contributed by atoms with Gasteiger partial charge in [-0.15, -0.1) is 0 Å². The van der Waals surface area contributed by atoms with E-state index in [9.17, 15) is 18.5 Å². The maximum Gasteiger partial charge on any atom is 0.271 e. The van der Waals surface area contributed by atoms with Gasteiger partial charge in [-0.3, -0.25) is 14.8 Å². The Balaban J connectivity index is 2.49. The number of rotatable bonds is 6. The molecule has 0 aromatic heterocycles. The Morgan fingerprint density at radius 3 is 2.38 bits per heavy atom. The largest absolute Gasteiger partial charge is 0.497 e. The molecule has 0 saturated carbocycles. The maximum atomic E-state index is 12.7. The fourth-order valence-electron chi connectivity index (χ4n) is 2.03. The van der Waals surface area contributed by atoms with E-state index in [1.54, 1.807) is 13.0 Å². The van der Waals surface area contributed by atoms with Crippen LogP contribution >= 0.6 is 0 Å². The van der Waals surface area contributed by atoms with E-state index < -0.39 is 14.9 Å². The molecule has 8 nitrogen and oxygen atoms in total. The van der Waals surface area contributed by atoms with E-state index in [4.69, 9.17) is 9.47 Å². The molecule has 0 saturated heterocycles. The van der Waals surface area contributed by atoms with Crippen LogP contribution in [-0.4, -0.2) is 27.6 Å². The molecule has 128 valence electrons. The van der Waals surface area contributed by atoms with Crippen LogP contribution in [-0.2, 0) is 10.0 Å². The molecule has 1 N–H and O–H groups in total. The lowest BCUT2D eigenvalue weighted by atomic mass is 10.2. The molecule has 9 heteroatoms. The minimum Gasteiger partial charge on any atom is -0.497 e. The molecule has 0 bridgehead atoms. The molecule has 2 aromatic rings. The Hall–Kier alpha value is -2.81. The molecule has 0 radical (unpaired) electrons. The number of hydrogen-bond acceptors (Lipinski definition) is 6. The average Bonchev–Trinajstić information content (AvgIpc) is 2.55. The molecule has 2 aromatic carbocycles. The van der Waals surface area contributed by atoms with Crippen molar-refractivity contribution >= 4 is 21.4 Å². The first-order valence-corrected chi connectivity index (χ1v) is 8.26. The quantitative estimate of drug-likeness (QED) is 0.632. The third-order valence-corrected chi connectivity index (χ3v) is 4.72. The summed E-state index contributed by atoms with van der Waals surface area (Å²) >= 11 is 0. The number of hydrogen-bond donors (Lipinski definition) is 1. The summed E-state index contributed by atoms with van der Waals surface area (Å²) in [6, 6.07) is 8.29. The molecule has 0 spiro atoms. The van der Waals surface area contributed by atoms with Gasteiger partial charge in [0.1, 0.15) is 16.4 Å². The van der Waals surface area contributed by atoms with Gasteiger partial charge in [-0.2, -0.15) is 0 Å². The van der Waals surface area contributed by atoms with Gasteiger partial charge in [-0.05, 0) is 24.6 Å². The van der Waals surface area contributed by atoms with E-state index in [0.717, 1.165) is 0 Å². The topological polar surface area (TPSA) is 108 Å². The molecular formula is C15H16N2O6S.